The highest BCUT2D eigenvalue weighted by molar-refractivity contribution is 5.97. The third-order valence-electron chi connectivity index (χ3n) is 2.01. The Balaban J connectivity index is 3.27. The topological polar surface area (TPSA) is 23.9 Å². The van der Waals surface area contributed by atoms with Crippen molar-refractivity contribution >= 4 is 5.71 Å². The van der Waals surface area contributed by atoms with Crippen LogP contribution in [0.5, 0.6) is 0 Å². The first-order valence-electron chi connectivity index (χ1n) is 3.74. The Kier molecular flexibility index (Phi) is 2.08. The van der Waals surface area contributed by atoms with Crippen molar-refractivity contribution in [3.63, 3.8) is 0 Å². The van der Waals surface area contributed by atoms with E-state index in [0.29, 0.717) is 5.71 Å². The first-order valence-corrected chi connectivity index (χ1v) is 3.74. The molecule has 1 aromatic rings. The fourth-order valence-corrected chi connectivity index (χ4v) is 1.16. The molecule has 0 aliphatic carbocycles. The van der Waals surface area contributed by atoms with Gasteiger partial charge in [0.05, 0.1) is 0 Å². The third-order valence-corrected chi connectivity index (χ3v) is 2.01. The molecule has 1 nitrogen and oxygen atoms in total. The van der Waals surface area contributed by atoms with Gasteiger partial charge in [-0.15, -0.1) is 0 Å². The molecule has 0 atom stereocenters. The Labute approximate surface area is 67.6 Å². The molecule has 0 aromatic heterocycles. The second kappa shape index (κ2) is 2.87. The summed E-state index contributed by atoms with van der Waals surface area (Å²) in [5.41, 5.74) is 4.19. The Morgan fingerprint density at radius 3 is 2.36 bits per heavy atom. The quantitative estimate of drug-likeness (QED) is 0.590. The molecule has 1 rings (SSSR count). The zero-order valence-electron chi connectivity index (χ0n) is 7.23. The van der Waals surface area contributed by atoms with E-state index in [4.69, 9.17) is 5.41 Å². The summed E-state index contributed by atoms with van der Waals surface area (Å²) < 4.78 is 0. The van der Waals surface area contributed by atoms with Crippen LogP contribution in [0.4, 0.5) is 0 Å². The van der Waals surface area contributed by atoms with Gasteiger partial charge in [0.1, 0.15) is 0 Å². The van der Waals surface area contributed by atoms with E-state index in [1.165, 1.54) is 11.1 Å². The second-order valence-corrected chi connectivity index (χ2v) is 2.87. The smallest absolute Gasteiger partial charge is 0.0357 e. The van der Waals surface area contributed by atoms with Gasteiger partial charge >= 0.3 is 0 Å². The molecule has 0 amide bonds. The minimum atomic E-state index is 0.645. The highest BCUT2D eigenvalue weighted by Crippen LogP contribution is 2.12. The van der Waals surface area contributed by atoms with E-state index in [0.717, 1.165) is 5.56 Å². The van der Waals surface area contributed by atoms with E-state index < -0.39 is 0 Å². The molecule has 0 bridgehead atoms. The number of rotatable bonds is 1. The summed E-state index contributed by atoms with van der Waals surface area (Å²) in [7, 11) is 0. The van der Waals surface area contributed by atoms with Crippen molar-refractivity contribution in [1.82, 2.24) is 0 Å². The first kappa shape index (κ1) is 7.99. The molecule has 0 aliphatic rings. The zero-order chi connectivity index (χ0) is 8.43. The van der Waals surface area contributed by atoms with Crippen molar-refractivity contribution in [2.45, 2.75) is 20.8 Å². The van der Waals surface area contributed by atoms with Crippen molar-refractivity contribution in [2.75, 3.05) is 0 Å². The van der Waals surface area contributed by atoms with Crippen molar-refractivity contribution in [1.29, 1.82) is 5.41 Å². The van der Waals surface area contributed by atoms with E-state index in [-0.39, 0.29) is 0 Å². The lowest BCUT2D eigenvalue weighted by atomic mass is 10.0. The number of aryl methyl sites for hydroxylation is 1. The number of hydrogen-bond acceptors (Lipinski definition) is 1. The predicted octanol–water partition coefficient (Wildman–Crippen LogP) is 2.69. The van der Waals surface area contributed by atoms with Crippen LogP contribution in [0.3, 0.4) is 0 Å². The summed E-state index contributed by atoms with van der Waals surface area (Å²) in [6.45, 7) is 5.95. The van der Waals surface area contributed by atoms with E-state index >= 15 is 0 Å². The van der Waals surface area contributed by atoms with Gasteiger partial charge in [0.25, 0.3) is 0 Å². The summed E-state index contributed by atoms with van der Waals surface area (Å²) in [5, 5.41) is 7.47. The fraction of sp³-hybridized carbons (Fsp3) is 0.300. The average Bonchev–Trinajstić information content (AvgIpc) is 1.94. The molecule has 1 aromatic carbocycles. The molecule has 58 valence electrons. The third kappa shape index (κ3) is 1.48. The Hall–Kier alpha value is -1.11. The van der Waals surface area contributed by atoms with Gasteiger partial charge in [0, 0.05) is 5.71 Å². The number of benzene rings is 1. The van der Waals surface area contributed by atoms with Crippen LogP contribution in [-0.2, 0) is 0 Å². The maximum Gasteiger partial charge on any atom is 0.0357 e. The highest BCUT2D eigenvalue weighted by atomic mass is 14.4. The van der Waals surface area contributed by atoms with Crippen LogP contribution >= 0.6 is 0 Å². The van der Waals surface area contributed by atoms with E-state index in [1.807, 2.05) is 19.1 Å². The van der Waals surface area contributed by atoms with Gasteiger partial charge in [0.2, 0.25) is 0 Å². The molecule has 0 unspecified atom stereocenters. The van der Waals surface area contributed by atoms with E-state index in [9.17, 15) is 0 Å². The van der Waals surface area contributed by atoms with Crippen LogP contribution in [0.1, 0.15) is 23.6 Å². The van der Waals surface area contributed by atoms with Crippen molar-refractivity contribution in [3.05, 3.63) is 34.9 Å². The lowest BCUT2D eigenvalue weighted by Crippen LogP contribution is -1.96. The Bertz CT molecular complexity index is 287. The molecule has 0 saturated heterocycles. The highest BCUT2D eigenvalue weighted by Gasteiger charge is 2.00. The van der Waals surface area contributed by atoms with Crippen molar-refractivity contribution < 1.29 is 0 Å². The van der Waals surface area contributed by atoms with Gasteiger partial charge in [-0.3, -0.25) is 0 Å². The van der Waals surface area contributed by atoms with Crippen LogP contribution in [0, 0.1) is 19.3 Å². The van der Waals surface area contributed by atoms with E-state index in [1.54, 1.807) is 0 Å². The Morgan fingerprint density at radius 2 is 1.91 bits per heavy atom. The summed E-state index contributed by atoms with van der Waals surface area (Å²) in [4.78, 5) is 0. The standard InChI is InChI=1S/C10H13N/c1-7-5-4-6-10(8(7)2)9(3)11/h4-6,11H,1-3H3. The van der Waals surface area contributed by atoms with Gasteiger partial charge in [-0.2, -0.15) is 0 Å². The molecule has 11 heavy (non-hydrogen) atoms. The summed E-state index contributed by atoms with van der Waals surface area (Å²) in [6.07, 6.45) is 0. The zero-order valence-corrected chi connectivity index (χ0v) is 7.23. The van der Waals surface area contributed by atoms with Crippen LogP contribution in [0.15, 0.2) is 18.2 Å². The lowest BCUT2D eigenvalue weighted by Gasteiger charge is -2.05. The molecular formula is C10H13N. The average molecular weight is 147 g/mol. The number of hydrogen-bond donors (Lipinski definition) is 1. The second-order valence-electron chi connectivity index (χ2n) is 2.87. The lowest BCUT2D eigenvalue weighted by molar-refractivity contribution is 1.31. The molecule has 1 N–H and O–H groups in total. The molecule has 1 heteroatoms. The molecule has 0 heterocycles. The van der Waals surface area contributed by atoms with Gasteiger partial charge in [-0.05, 0) is 37.5 Å². The number of nitrogens with one attached hydrogen (secondary N) is 1. The van der Waals surface area contributed by atoms with Crippen LogP contribution in [-0.4, -0.2) is 5.71 Å². The fourth-order valence-electron chi connectivity index (χ4n) is 1.16. The minimum absolute atomic E-state index is 0.645. The van der Waals surface area contributed by atoms with Gasteiger partial charge in [-0.1, -0.05) is 18.2 Å². The molecule has 0 spiro atoms. The predicted molar refractivity (Wildman–Crippen MR) is 48.4 cm³/mol. The summed E-state index contributed by atoms with van der Waals surface area (Å²) in [5.74, 6) is 0. The molecule has 0 radical (unpaired) electrons. The van der Waals surface area contributed by atoms with Gasteiger partial charge in [-0.25, -0.2) is 0 Å². The summed E-state index contributed by atoms with van der Waals surface area (Å²) >= 11 is 0. The molecule has 0 aliphatic heterocycles. The van der Waals surface area contributed by atoms with Crippen LogP contribution in [0.25, 0.3) is 0 Å². The van der Waals surface area contributed by atoms with Crippen LogP contribution in [0.2, 0.25) is 0 Å². The van der Waals surface area contributed by atoms with Crippen LogP contribution < -0.4 is 0 Å². The van der Waals surface area contributed by atoms with Gasteiger partial charge in [0.15, 0.2) is 0 Å². The molecule has 0 saturated carbocycles. The molecule has 0 fully saturated rings. The monoisotopic (exact) mass is 147 g/mol. The van der Waals surface area contributed by atoms with Crippen molar-refractivity contribution in [2.24, 2.45) is 0 Å². The Morgan fingerprint density at radius 1 is 1.27 bits per heavy atom. The first-order chi connectivity index (χ1) is 5.13. The maximum absolute atomic E-state index is 7.47. The maximum atomic E-state index is 7.47. The minimum Gasteiger partial charge on any atom is -0.305 e. The van der Waals surface area contributed by atoms with Crippen molar-refractivity contribution in [3.8, 4) is 0 Å². The largest absolute Gasteiger partial charge is 0.305 e. The normalized spacial score (nSPS) is 9.73. The SMILES string of the molecule is CC(=N)c1cccc(C)c1C. The molecular weight excluding hydrogens is 134 g/mol. The summed E-state index contributed by atoms with van der Waals surface area (Å²) in [6, 6.07) is 6.06. The van der Waals surface area contributed by atoms with E-state index in [2.05, 4.69) is 19.9 Å². The van der Waals surface area contributed by atoms with Gasteiger partial charge < -0.3 is 5.41 Å².